The third-order valence-electron chi connectivity index (χ3n) is 4.97. The maximum atomic E-state index is 12.8. The molecule has 0 radical (unpaired) electrons. The number of anilines is 1. The molecule has 0 bridgehead atoms. The molecule has 132 valence electrons. The maximum Gasteiger partial charge on any atom is 0.226 e. The number of rotatable bonds is 4. The van der Waals surface area contributed by atoms with Crippen molar-refractivity contribution in [1.82, 2.24) is 9.88 Å². The Morgan fingerprint density at radius 2 is 2.04 bits per heavy atom. The van der Waals surface area contributed by atoms with Crippen molar-refractivity contribution in [3.05, 3.63) is 23.9 Å². The Labute approximate surface area is 143 Å². The van der Waals surface area contributed by atoms with E-state index < -0.39 is 9.84 Å². The lowest BCUT2D eigenvalue weighted by Crippen LogP contribution is -2.44. The Morgan fingerprint density at radius 3 is 2.75 bits per heavy atom. The minimum Gasteiger partial charge on any atom is -0.368 e. The van der Waals surface area contributed by atoms with E-state index >= 15 is 0 Å². The van der Waals surface area contributed by atoms with Crippen LogP contribution in [0.1, 0.15) is 31.4 Å². The first-order valence-electron chi connectivity index (χ1n) is 8.63. The lowest BCUT2D eigenvalue weighted by Gasteiger charge is -2.30. The molecule has 0 aromatic carbocycles. The normalized spacial score (nSPS) is 24.0. The van der Waals surface area contributed by atoms with E-state index in [1.54, 1.807) is 0 Å². The number of nitrogens with one attached hydrogen (secondary N) is 1. The number of carbonyl (C=O) groups is 1. The molecule has 2 fully saturated rings. The predicted octanol–water partition coefficient (Wildman–Crippen LogP) is 1.62. The van der Waals surface area contributed by atoms with Crippen molar-refractivity contribution in [2.75, 3.05) is 29.9 Å². The lowest BCUT2D eigenvalue weighted by atomic mass is 10.0. The van der Waals surface area contributed by atoms with Crippen molar-refractivity contribution in [2.24, 2.45) is 5.92 Å². The van der Waals surface area contributed by atoms with E-state index in [0.717, 1.165) is 30.9 Å². The van der Waals surface area contributed by atoms with Crippen LogP contribution in [-0.2, 0) is 14.6 Å². The van der Waals surface area contributed by atoms with Gasteiger partial charge in [-0.15, -0.1) is 0 Å². The third-order valence-corrected chi connectivity index (χ3v) is 6.69. The van der Waals surface area contributed by atoms with E-state index in [2.05, 4.69) is 10.3 Å². The molecule has 6 nitrogen and oxygen atoms in total. The van der Waals surface area contributed by atoms with Crippen LogP contribution >= 0.6 is 0 Å². The number of aromatic nitrogens is 1. The highest BCUT2D eigenvalue weighted by Gasteiger charge is 2.35. The number of pyridine rings is 1. The molecule has 3 heterocycles. The van der Waals surface area contributed by atoms with Crippen LogP contribution in [0.3, 0.4) is 0 Å². The van der Waals surface area contributed by atoms with Gasteiger partial charge < -0.3 is 10.2 Å². The van der Waals surface area contributed by atoms with Crippen LogP contribution in [0.4, 0.5) is 5.82 Å². The Morgan fingerprint density at radius 1 is 1.29 bits per heavy atom. The molecule has 0 saturated carbocycles. The van der Waals surface area contributed by atoms with Crippen LogP contribution in [0.2, 0.25) is 0 Å². The van der Waals surface area contributed by atoms with E-state index in [-0.39, 0.29) is 29.4 Å². The van der Waals surface area contributed by atoms with Crippen LogP contribution < -0.4 is 5.32 Å². The smallest absolute Gasteiger partial charge is 0.226 e. The molecule has 24 heavy (non-hydrogen) atoms. The first-order chi connectivity index (χ1) is 11.4. The molecule has 1 aromatic rings. The zero-order chi connectivity index (χ0) is 17.2. The number of hydrogen-bond donors (Lipinski definition) is 1. The first kappa shape index (κ1) is 17.2. The third kappa shape index (κ3) is 4.06. The fourth-order valence-electron chi connectivity index (χ4n) is 3.57. The van der Waals surface area contributed by atoms with Gasteiger partial charge in [-0.2, -0.15) is 0 Å². The van der Waals surface area contributed by atoms with Crippen molar-refractivity contribution in [3.63, 3.8) is 0 Å². The summed E-state index contributed by atoms with van der Waals surface area (Å²) in [4.78, 5) is 19.2. The average Bonchev–Trinajstić information content (AvgIpc) is 3.01. The van der Waals surface area contributed by atoms with Crippen LogP contribution in [0.25, 0.3) is 0 Å². The molecule has 1 unspecified atom stereocenters. The van der Waals surface area contributed by atoms with Gasteiger partial charge in [0.25, 0.3) is 0 Å². The lowest BCUT2D eigenvalue weighted by molar-refractivity contribution is -0.136. The molecule has 1 N–H and O–H groups in total. The van der Waals surface area contributed by atoms with Gasteiger partial charge in [-0.3, -0.25) is 4.79 Å². The molecule has 2 aliphatic heterocycles. The summed E-state index contributed by atoms with van der Waals surface area (Å²) >= 11 is 0. The summed E-state index contributed by atoms with van der Waals surface area (Å²) in [7, 11) is -2.93. The fraction of sp³-hybridized carbons (Fsp3) is 0.647. The standard InChI is InChI=1S/C17H25N3O3S/c1-13-4-2-6-16(19-13)18-12-15-5-3-9-20(15)17(21)14-7-10-24(22,23)11-8-14/h2,4,6,14-15H,3,5,7-12H2,1H3,(H,18,19). The van der Waals surface area contributed by atoms with E-state index in [9.17, 15) is 13.2 Å². The minimum absolute atomic E-state index is 0.131. The monoisotopic (exact) mass is 351 g/mol. The van der Waals surface area contributed by atoms with Gasteiger partial charge in [0.15, 0.2) is 0 Å². The van der Waals surface area contributed by atoms with Crippen LogP contribution in [0.5, 0.6) is 0 Å². The fourth-order valence-corrected chi connectivity index (χ4v) is 5.06. The highest BCUT2D eigenvalue weighted by atomic mass is 32.2. The number of hydrogen-bond acceptors (Lipinski definition) is 5. The molecule has 7 heteroatoms. The van der Waals surface area contributed by atoms with Gasteiger partial charge in [0, 0.05) is 30.7 Å². The SMILES string of the molecule is Cc1cccc(NCC2CCCN2C(=O)C2CCS(=O)(=O)CC2)n1. The van der Waals surface area contributed by atoms with Gasteiger partial charge in [0.1, 0.15) is 15.7 Å². The van der Waals surface area contributed by atoms with E-state index in [0.29, 0.717) is 19.4 Å². The summed E-state index contributed by atoms with van der Waals surface area (Å²) in [5, 5.41) is 3.33. The van der Waals surface area contributed by atoms with Crippen molar-refractivity contribution in [1.29, 1.82) is 0 Å². The minimum atomic E-state index is -2.93. The molecular formula is C17H25N3O3S. The van der Waals surface area contributed by atoms with Crippen molar-refractivity contribution in [3.8, 4) is 0 Å². The molecule has 2 saturated heterocycles. The van der Waals surface area contributed by atoms with E-state index in [1.165, 1.54) is 0 Å². The van der Waals surface area contributed by atoms with Crippen molar-refractivity contribution < 1.29 is 13.2 Å². The Bertz CT molecular complexity index is 691. The molecule has 3 rings (SSSR count). The second-order valence-corrected chi connectivity index (χ2v) is 9.10. The summed E-state index contributed by atoms with van der Waals surface area (Å²) in [5.74, 6) is 1.12. The topological polar surface area (TPSA) is 79.4 Å². The average molecular weight is 351 g/mol. The highest BCUT2D eigenvalue weighted by Crippen LogP contribution is 2.26. The van der Waals surface area contributed by atoms with E-state index in [4.69, 9.17) is 0 Å². The number of aryl methyl sites for hydroxylation is 1. The Balaban J connectivity index is 1.58. The van der Waals surface area contributed by atoms with Gasteiger partial charge >= 0.3 is 0 Å². The summed E-state index contributed by atoms with van der Waals surface area (Å²) in [6, 6.07) is 6.01. The van der Waals surface area contributed by atoms with Crippen molar-refractivity contribution >= 4 is 21.6 Å². The van der Waals surface area contributed by atoms with Crippen molar-refractivity contribution in [2.45, 2.75) is 38.6 Å². The summed E-state index contributed by atoms with van der Waals surface area (Å²) in [5.41, 5.74) is 0.961. The molecule has 0 aliphatic carbocycles. The molecular weight excluding hydrogens is 326 g/mol. The molecule has 1 atom stereocenters. The maximum absolute atomic E-state index is 12.8. The molecule has 1 aromatic heterocycles. The Kier molecular flexibility index (Phi) is 5.08. The highest BCUT2D eigenvalue weighted by molar-refractivity contribution is 7.91. The number of nitrogens with zero attached hydrogens (tertiary/aromatic N) is 2. The number of likely N-dealkylation sites (tertiary alicyclic amines) is 1. The van der Waals surface area contributed by atoms with Gasteiger partial charge in [0.05, 0.1) is 11.5 Å². The zero-order valence-corrected chi connectivity index (χ0v) is 14.9. The summed E-state index contributed by atoms with van der Waals surface area (Å²) in [6.07, 6.45) is 2.93. The molecule has 0 spiro atoms. The Hall–Kier alpha value is -1.63. The van der Waals surface area contributed by atoms with Crippen LogP contribution in [0.15, 0.2) is 18.2 Å². The van der Waals surface area contributed by atoms with Crippen LogP contribution in [-0.4, -0.2) is 54.8 Å². The number of amides is 1. The summed E-state index contributed by atoms with van der Waals surface area (Å²) in [6.45, 7) is 3.41. The van der Waals surface area contributed by atoms with Gasteiger partial charge in [0.2, 0.25) is 5.91 Å². The quantitative estimate of drug-likeness (QED) is 0.892. The predicted molar refractivity (Wildman–Crippen MR) is 93.6 cm³/mol. The number of carbonyl (C=O) groups excluding carboxylic acids is 1. The van der Waals surface area contributed by atoms with Gasteiger partial charge in [-0.05, 0) is 44.7 Å². The second kappa shape index (κ2) is 7.09. The van der Waals surface area contributed by atoms with Crippen LogP contribution in [0, 0.1) is 12.8 Å². The van der Waals surface area contributed by atoms with Gasteiger partial charge in [-0.25, -0.2) is 13.4 Å². The largest absolute Gasteiger partial charge is 0.368 e. The van der Waals surface area contributed by atoms with Gasteiger partial charge in [-0.1, -0.05) is 6.07 Å². The number of sulfone groups is 1. The molecule has 1 amide bonds. The molecule has 2 aliphatic rings. The summed E-state index contributed by atoms with van der Waals surface area (Å²) < 4.78 is 23.1. The first-order valence-corrected chi connectivity index (χ1v) is 10.5. The zero-order valence-electron chi connectivity index (χ0n) is 14.1. The second-order valence-electron chi connectivity index (χ2n) is 6.80. The van der Waals surface area contributed by atoms with E-state index in [1.807, 2.05) is 30.0 Å².